The molecule has 2 rings (SSSR count). The van der Waals surface area contributed by atoms with Crippen LogP contribution in [0.4, 0.5) is 5.69 Å². The van der Waals surface area contributed by atoms with Crippen molar-refractivity contribution >= 4 is 27.8 Å². The van der Waals surface area contributed by atoms with Gasteiger partial charge in [0, 0.05) is 12.6 Å². The number of carbonyl (C=O) groups excluding carboxylic acids is 1. The minimum absolute atomic E-state index is 0.0619. The Morgan fingerprint density at radius 3 is 2.27 bits per heavy atom. The fourth-order valence-corrected chi connectivity index (χ4v) is 2.47. The predicted octanol–water partition coefficient (Wildman–Crippen LogP) is 1.96. The Balaban J connectivity index is 2.07. The number of hydrogen-bond donors (Lipinski definition) is 2. The second-order valence-corrected chi connectivity index (χ2v) is 6.13. The van der Waals surface area contributed by atoms with Crippen molar-refractivity contribution in [3.05, 3.63) is 60.2 Å². The quantitative estimate of drug-likeness (QED) is 0.652. The molecule has 0 unspecified atom stereocenters. The summed E-state index contributed by atoms with van der Waals surface area (Å²) < 4.78 is 24.1. The van der Waals surface area contributed by atoms with Gasteiger partial charge in [0.25, 0.3) is 10.0 Å². The van der Waals surface area contributed by atoms with Crippen LogP contribution in [-0.4, -0.2) is 20.5 Å². The fourth-order valence-electron chi connectivity index (χ4n) is 1.68. The van der Waals surface area contributed by atoms with E-state index in [1.807, 2.05) is 18.2 Å². The van der Waals surface area contributed by atoms with E-state index in [0.29, 0.717) is 5.69 Å². The van der Waals surface area contributed by atoms with Crippen molar-refractivity contribution in [3.63, 3.8) is 0 Å². The summed E-state index contributed by atoms with van der Waals surface area (Å²) in [6.45, 7) is 1.38. The number of nitrogens with one attached hydrogen (secondary N) is 2. The molecule has 2 N–H and O–H groups in total. The van der Waals surface area contributed by atoms with E-state index in [1.54, 1.807) is 12.1 Å². The van der Waals surface area contributed by atoms with Crippen LogP contribution in [0.2, 0.25) is 0 Å². The normalized spacial score (nSPS) is 11.3. The van der Waals surface area contributed by atoms with Crippen molar-refractivity contribution in [1.82, 2.24) is 4.83 Å². The molecule has 0 aromatic heterocycles. The molecule has 0 aliphatic carbocycles. The smallest absolute Gasteiger partial charge is 0.276 e. The third-order valence-electron chi connectivity index (χ3n) is 2.67. The molecule has 0 atom stereocenters. The zero-order valence-corrected chi connectivity index (χ0v) is 12.7. The summed E-state index contributed by atoms with van der Waals surface area (Å²) >= 11 is 0. The van der Waals surface area contributed by atoms with Crippen LogP contribution in [0.3, 0.4) is 0 Å². The van der Waals surface area contributed by atoms with Gasteiger partial charge in [0.05, 0.1) is 11.1 Å². The Morgan fingerprint density at radius 2 is 1.68 bits per heavy atom. The number of rotatable bonds is 5. The monoisotopic (exact) mass is 317 g/mol. The highest BCUT2D eigenvalue weighted by Gasteiger charge is 2.12. The molecule has 6 nitrogen and oxygen atoms in total. The summed E-state index contributed by atoms with van der Waals surface area (Å²) in [5, 5.41) is 6.29. The van der Waals surface area contributed by atoms with Gasteiger partial charge in [-0.1, -0.05) is 30.3 Å². The van der Waals surface area contributed by atoms with Gasteiger partial charge in [-0.2, -0.15) is 13.5 Å². The Bertz CT molecular complexity index is 769. The fraction of sp³-hybridized carbons (Fsp3) is 0.0667. The van der Waals surface area contributed by atoms with Gasteiger partial charge in [0.1, 0.15) is 0 Å². The first-order valence-electron chi connectivity index (χ1n) is 6.45. The van der Waals surface area contributed by atoms with Gasteiger partial charge < -0.3 is 5.32 Å². The van der Waals surface area contributed by atoms with Crippen LogP contribution in [-0.2, 0) is 14.8 Å². The molecule has 0 heterocycles. The molecular formula is C15H15N3O3S. The molecule has 7 heteroatoms. The SMILES string of the molecule is CC(=O)Nc1ccc(S(=O)(=O)N/N=C/c2ccccc2)cc1. The molecule has 1 amide bonds. The van der Waals surface area contributed by atoms with Crippen LogP contribution < -0.4 is 10.1 Å². The first kappa shape index (κ1) is 15.7. The Labute approximate surface area is 128 Å². The van der Waals surface area contributed by atoms with Crippen LogP contribution in [0.25, 0.3) is 0 Å². The molecule has 0 spiro atoms. The van der Waals surface area contributed by atoms with Crippen molar-refractivity contribution in [2.24, 2.45) is 5.10 Å². The Kier molecular flexibility index (Phi) is 4.90. The summed E-state index contributed by atoms with van der Waals surface area (Å²) in [5.41, 5.74) is 1.31. The zero-order valence-electron chi connectivity index (χ0n) is 11.9. The maximum atomic E-state index is 12.0. The number of sulfonamides is 1. The molecule has 0 saturated carbocycles. The highest BCUT2D eigenvalue weighted by Crippen LogP contribution is 2.13. The zero-order chi connectivity index (χ0) is 16.0. The maximum absolute atomic E-state index is 12.0. The lowest BCUT2D eigenvalue weighted by molar-refractivity contribution is -0.114. The second-order valence-electron chi connectivity index (χ2n) is 4.47. The maximum Gasteiger partial charge on any atom is 0.276 e. The largest absolute Gasteiger partial charge is 0.326 e. The van der Waals surface area contributed by atoms with E-state index in [0.717, 1.165) is 5.56 Å². The average Bonchev–Trinajstić information content (AvgIpc) is 2.48. The summed E-state index contributed by atoms with van der Waals surface area (Å²) in [6, 6.07) is 14.9. The number of benzene rings is 2. The first-order chi connectivity index (χ1) is 10.5. The molecule has 2 aromatic carbocycles. The Hall–Kier alpha value is -2.67. The average molecular weight is 317 g/mol. The van der Waals surface area contributed by atoms with Crippen molar-refractivity contribution in [2.75, 3.05) is 5.32 Å². The predicted molar refractivity (Wildman–Crippen MR) is 85.1 cm³/mol. The number of anilines is 1. The molecule has 0 aliphatic heterocycles. The topological polar surface area (TPSA) is 87.6 Å². The second kappa shape index (κ2) is 6.86. The first-order valence-corrected chi connectivity index (χ1v) is 7.93. The van der Waals surface area contributed by atoms with Crippen molar-refractivity contribution in [3.8, 4) is 0 Å². The third kappa shape index (κ3) is 4.42. The Morgan fingerprint density at radius 1 is 1.05 bits per heavy atom. The lowest BCUT2D eigenvalue weighted by Crippen LogP contribution is -2.18. The lowest BCUT2D eigenvalue weighted by Gasteiger charge is -2.05. The van der Waals surface area contributed by atoms with E-state index in [1.165, 1.54) is 37.4 Å². The van der Waals surface area contributed by atoms with E-state index in [-0.39, 0.29) is 10.8 Å². The molecular weight excluding hydrogens is 302 g/mol. The highest BCUT2D eigenvalue weighted by atomic mass is 32.2. The van der Waals surface area contributed by atoms with Gasteiger partial charge in [0.15, 0.2) is 0 Å². The van der Waals surface area contributed by atoms with Crippen LogP contribution in [0, 0.1) is 0 Å². The van der Waals surface area contributed by atoms with Gasteiger partial charge in [0.2, 0.25) is 5.91 Å². The number of carbonyl (C=O) groups is 1. The number of hydrogen-bond acceptors (Lipinski definition) is 4. The van der Waals surface area contributed by atoms with E-state index in [4.69, 9.17) is 0 Å². The van der Waals surface area contributed by atoms with Crippen LogP contribution in [0.15, 0.2) is 64.6 Å². The van der Waals surface area contributed by atoms with Gasteiger partial charge in [-0.15, -0.1) is 0 Å². The molecule has 0 saturated heterocycles. The van der Waals surface area contributed by atoms with E-state index < -0.39 is 10.0 Å². The van der Waals surface area contributed by atoms with Crippen LogP contribution >= 0.6 is 0 Å². The van der Waals surface area contributed by atoms with E-state index in [9.17, 15) is 13.2 Å². The minimum Gasteiger partial charge on any atom is -0.326 e. The molecule has 0 fully saturated rings. The molecule has 0 aliphatic rings. The minimum atomic E-state index is -3.74. The van der Waals surface area contributed by atoms with Gasteiger partial charge >= 0.3 is 0 Å². The van der Waals surface area contributed by atoms with Gasteiger partial charge in [-0.05, 0) is 29.8 Å². The highest BCUT2D eigenvalue weighted by molar-refractivity contribution is 7.89. The standard InChI is InChI=1S/C15H15N3O3S/c1-12(19)17-14-7-9-15(10-8-14)22(20,21)18-16-11-13-5-3-2-4-6-13/h2-11,18H,1H3,(H,17,19)/b16-11+. The lowest BCUT2D eigenvalue weighted by atomic mass is 10.2. The number of hydrazone groups is 1. The van der Waals surface area contributed by atoms with E-state index >= 15 is 0 Å². The third-order valence-corrected chi connectivity index (χ3v) is 3.91. The van der Waals surface area contributed by atoms with Gasteiger partial charge in [-0.25, -0.2) is 4.83 Å². The van der Waals surface area contributed by atoms with E-state index in [2.05, 4.69) is 15.2 Å². The number of amides is 1. The molecule has 114 valence electrons. The summed E-state index contributed by atoms with van der Waals surface area (Å²) in [4.78, 5) is 13.1. The van der Waals surface area contributed by atoms with Crippen LogP contribution in [0.5, 0.6) is 0 Å². The van der Waals surface area contributed by atoms with Crippen molar-refractivity contribution in [1.29, 1.82) is 0 Å². The molecule has 0 radical (unpaired) electrons. The number of nitrogens with zero attached hydrogens (tertiary/aromatic N) is 1. The molecule has 0 bridgehead atoms. The van der Waals surface area contributed by atoms with Crippen molar-refractivity contribution in [2.45, 2.75) is 11.8 Å². The molecule has 22 heavy (non-hydrogen) atoms. The van der Waals surface area contributed by atoms with Crippen LogP contribution in [0.1, 0.15) is 12.5 Å². The van der Waals surface area contributed by atoms with Crippen molar-refractivity contribution < 1.29 is 13.2 Å². The van der Waals surface area contributed by atoms with Gasteiger partial charge in [-0.3, -0.25) is 4.79 Å². The summed E-state index contributed by atoms with van der Waals surface area (Å²) in [5.74, 6) is -0.221. The summed E-state index contributed by atoms with van der Waals surface area (Å²) in [7, 11) is -3.74. The molecule has 2 aromatic rings. The summed E-state index contributed by atoms with van der Waals surface area (Å²) in [6.07, 6.45) is 1.42.